The van der Waals surface area contributed by atoms with E-state index in [-0.39, 0.29) is 24.0 Å². The molecule has 2 amide bonds. The van der Waals surface area contributed by atoms with Crippen LogP contribution in [0.5, 0.6) is 0 Å². The van der Waals surface area contributed by atoms with Crippen LogP contribution < -0.4 is 5.32 Å². The smallest absolute Gasteiger partial charge is 0.222 e. The van der Waals surface area contributed by atoms with Crippen LogP contribution in [0.15, 0.2) is 12.3 Å². The highest BCUT2D eigenvalue weighted by Gasteiger charge is 2.27. The molecule has 1 aliphatic heterocycles. The first-order valence-electron chi connectivity index (χ1n) is 7.63. The highest BCUT2D eigenvalue weighted by Crippen LogP contribution is 2.23. The number of aromatic nitrogens is 2. The highest BCUT2D eigenvalue weighted by molar-refractivity contribution is 5.87. The van der Waals surface area contributed by atoms with Crippen LogP contribution in [0.2, 0.25) is 0 Å². The second-order valence-corrected chi connectivity index (χ2v) is 5.73. The van der Waals surface area contributed by atoms with Crippen molar-refractivity contribution >= 4 is 17.6 Å². The minimum atomic E-state index is -0.138. The topological polar surface area (TPSA) is 76.5 Å². The lowest BCUT2D eigenvalue weighted by Crippen LogP contribution is -2.29. The Kier molecular flexibility index (Phi) is 5.54. The van der Waals surface area contributed by atoms with Gasteiger partial charge in [-0.05, 0) is 19.8 Å². The second-order valence-electron chi connectivity index (χ2n) is 5.73. The Hall–Kier alpha value is -1.89. The number of amides is 2. The Bertz CT molecular complexity index is 529. The monoisotopic (exact) mass is 308 g/mol. The predicted octanol–water partition coefficient (Wildman–Crippen LogP) is 1.43. The summed E-state index contributed by atoms with van der Waals surface area (Å²) in [6, 6.07) is 1.94. The molecule has 22 heavy (non-hydrogen) atoms. The molecule has 1 fully saturated rings. The van der Waals surface area contributed by atoms with Crippen molar-refractivity contribution in [3.63, 3.8) is 0 Å². The maximum absolute atomic E-state index is 12.2. The van der Waals surface area contributed by atoms with Gasteiger partial charge in [-0.2, -0.15) is 5.10 Å². The van der Waals surface area contributed by atoms with E-state index in [0.29, 0.717) is 18.8 Å². The van der Waals surface area contributed by atoms with Gasteiger partial charge in [0, 0.05) is 45.8 Å². The molecule has 2 atom stereocenters. The zero-order valence-electron chi connectivity index (χ0n) is 13.4. The summed E-state index contributed by atoms with van der Waals surface area (Å²) in [4.78, 5) is 25.1. The lowest BCUT2D eigenvalue weighted by atomic mass is 10.2. The van der Waals surface area contributed by atoms with Crippen LogP contribution in [0.4, 0.5) is 5.82 Å². The Labute approximate surface area is 130 Å². The van der Waals surface area contributed by atoms with E-state index in [0.717, 1.165) is 19.4 Å². The van der Waals surface area contributed by atoms with E-state index >= 15 is 0 Å². The first-order chi connectivity index (χ1) is 10.5. The summed E-state index contributed by atoms with van der Waals surface area (Å²) in [5, 5.41) is 7.00. The van der Waals surface area contributed by atoms with Gasteiger partial charge in [-0.15, -0.1) is 0 Å². The van der Waals surface area contributed by atoms with Crippen LogP contribution >= 0.6 is 0 Å². The molecule has 1 N–H and O–H groups in total. The number of hydrogen-bond acceptors (Lipinski definition) is 4. The van der Waals surface area contributed by atoms with E-state index < -0.39 is 0 Å². The van der Waals surface area contributed by atoms with Crippen LogP contribution in [0.25, 0.3) is 0 Å². The van der Waals surface area contributed by atoms with Crippen molar-refractivity contribution in [2.24, 2.45) is 0 Å². The molecule has 2 rings (SSSR count). The number of nitrogens with zero attached hydrogens (tertiary/aromatic N) is 3. The summed E-state index contributed by atoms with van der Waals surface area (Å²) in [5.41, 5.74) is 0. The van der Waals surface area contributed by atoms with Crippen LogP contribution in [-0.4, -0.2) is 52.8 Å². The first kappa shape index (κ1) is 16.5. The number of carbonyl (C=O) groups excluding carboxylic acids is 2. The molecule has 1 aromatic heterocycles. The SMILES string of the molecule is CO[C@H](C)CCC(=O)N1CC[C@@H](n2ccc(NC(C)=O)n2)C1. The van der Waals surface area contributed by atoms with Gasteiger partial charge < -0.3 is 15.0 Å². The standard InChI is InChI=1S/C15H24N4O3/c1-11(22-3)4-5-15(21)18-8-6-13(10-18)19-9-7-14(17-19)16-12(2)20/h7,9,11,13H,4-6,8,10H2,1-3H3,(H,16,17,20)/t11-,13-/m1/s1. The molecule has 0 aliphatic carbocycles. The highest BCUT2D eigenvalue weighted by atomic mass is 16.5. The summed E-state index contributed by atoms with van der Waals surface area (Å²) in [7, 11) is 1.66. The summed E-state index contributed by atoms with van der Waals surface area (Å²) in [5.74, 6) is 0.576. The fraction of sp³-hybridized carbons (Fsp3) is 0.667. The quantitative estimate of drug-likeness (QED) is 0.862. The summed E-state index contributed by atoms with van der Waals surface area (Å²) in [6.45, 7) is 4.84. The van der Waals surface area contributed by atoms with Crippen LogP contribution in [0.1, 0.15) is 39.2 Å². The van der Waals surface area contributed by atoms with Crippen molar-refractivity contribution < 1.29 is 14.3 Å². The Morgan fingerprint density at radius 2 is 2.32 bits per heavy atom. The molecule has 0 spiro atoms. The van der Waals surface area contributed by atoms with Gasteiger partial charge in [-0.1, -0.05) is 0 Å². The molecule has 0 radical (unpaired) electrons. The van der Waals surface area contributed by atoms with Gasteiger partial charge in [-0.25, -0.2) is 0 Å². The zero-order valence-corrected chi connectivity index (χ0v) is 13.4. The normalized spacial score (nSPS) is 19.2. The average molecular weight is 308 g/mol. The molecular formula is C15H24N4O3. The third-order valence-corrected chi connectivity index (χ3v) is 3.97. The van der Waals surface area contributed by atoms with Gasteiger partial charge in [0.2, 0.25) is 11.8 Å². The van der Waals surface area contributed by atoms with Crippen molar-refractivity contribution in [2.75, 3.05) is 25.5 Å². The van der Waals surface area contributed by atoms with Crippen molar-refractivity contribution in [1.29, 1.82) is 0 Å². The van der Waals surface area contributed by atoms with E-state index in [1.165, 1.54) is 6.92 Å². The molecule has 1 saturated heterocycles. The fourth-order valence-corrected chi connectivity index (χ4v) is 2.58. The molecule has 0 bridgehead atoms. The van der Waals surface area contributed by atoms with Gasteiger partial charge in [0.1, 0.15) is 0 Å². The number of nitrogens with one attached hydrogen (secondary N) is 1. The molecular weight excluding hydrogens is 284 g/mol. The van der Waals surface area contributed by atoms with E-state index in [4.69, 9.17) is 4.74 Å². The molecule has 2 heterocycles. The van der Waals surface area contributed by atoms with E-state index in [9.17, 15) is 9.59 Å². The third-order valence-electron chi connectivity index (χ3n) is 3.97. The number of likely N-dealkylation sites (tertiary alicyclic amines) is 1. The number of rotatable bonds is 6. The number of hydrogen-bond donors (Lipinski definition) is 1. The molecule has 7 nitrogen and oxygen atoms in total. The Balaban J connectivity index is 1.85. The van der Waals surface area contributed by atoms with Crippen molar-refractivity contribution in [2.45, 2.75) is 45.3 Å². The van der Waals surface area contributed by atoms with Gasteiger partial charge >= 0.3 is 0 Å². The van der Waals surface area contributed by atoms with Crippen molar-refractivity contribution in [1.82, 2.24) is 14.7 Å². The second kappa shape index (κ2) is 7.40. The average Bonchev–Trinajstić information content (AvgIpc) is 3.12. The van der Waals surface area contributed by atoms with Gasteiger partial charge in [0.25, 0.3) is 0 Å². The van der Waals surface area contributed by atoms with Gasteiger partial charge in [-0.3, -0.25) is 14.3 Å². The summed E-state index contributed by atoms with van der Waals surface area (Å²) in [6.07, 6.45) is 4.08. The largest absolute Gasteiger partial charge is 0.382 e. The minimum absolute atomic E-state index is 0.105. The van der Waals surface area contributed by atoms with Crippen LogP contribution in [0.3, 0.4) is 0 Å². The summed E-state index contributed by atoms with van der Waals surface area (Å²) >= 11 is 0. The molecule has 122 valence electrons. The third kappa shape index (κ3) is 4.30. The Morgan fingerprint density at radius 3 is 3.00 bits per heavy atom. The predicted molar refractivity (Wildman–Crippen MR) is 82.5 cm³/mol. The zero-order chi connectivity index (χ0) is 16.1. The number of anilines is 1. The van der Waals surface area contributed by atoms with Crippen molar-refractivity contribution in [3.05, 3.63) is 12.3 Å². The van der Waals surface area contributed by atoms with Gasteiger partial charge in [0.15, 0.2) is 5.82 Å². The maximum atomic E-state index is 12.2. The molecule has 0 unspecified atom stereocenters. The van der Waals surface area contributed by atoms with E-state index in [2.05, 4.69) is 10.4 Å². The lowest BCUT2D eigenvalue weighted by molar-refractivity contribution is -0.130. The maximum Gasteiger partial charge on any atom is 0.222 e. The van der Waals surface area contributed by atoms with Crippen LogP contribution in [-0.2, 0) is 14.3 Å². The molecule has 0 saturated carbocycles. The van der Waals surface area contributed by atoms with Crippen LogP contribution in [0, 0.1) is 0 Å². The summed E-state index contributed by atoms with van der Waals surface area (Å²) < 4.78 is 7.00. The number of methoxy groups -OCH3 is 1. The number of ether oxygens (including phenoxy) is 1. The Morgan fingerprint density at radius 1 is 1.55 bits per heavy atom. The van der Waals surface area contributed by atoms with E-state index in [1.807, 2.05) is 22.7 Å². The fourth-order valence-electron chi connectivity index (χ4n) is 2.58. The van der Waals surface area contributed by atoms with E-state index in [1.54, 1.807) is 13.2 Å². The lowest BCUT2D eigenvalue weighted by Gasteiger charge is -2.17. The molecule has 0 aromatic carbocycles. The van der Waals surface area contributed by atoms with Crippen molar-refractivity contribution in [3.8, 4) is 0 Å². The molecule has 1 aromatic rings. The van der Waals surface area contributed by atoms with Gasteiger partial charge in [0.05, 0.1) is 12.1 Å². The first-order valence-corrected chi connectivity index (χ1v) is 7.63. The molecule has 1 aliphatic rings. The minimum Gasteiger partial charge on any atom is -0.382 e. The number of carbonyl (C=O) groups is 2. The molecule has 7 heteroatoms.